The maximum atomic E-state index is 12.7. The van der Waals surface area contributed by atoms with Crippen LogP contribution >= 0.6 is 0 Å². The lowest BCUT2D eigenvalue weighted by Gasteiger charge is -2.42. The minimum Gasteiger partial charge on any atom is -0.352 e. The van der Waals surface area contributed by atoms with Crippen LogP contribution in [-0.2, 0) is 12.8 Å². The van der Waals surface area contributed by atoms with E-state index in [-0.39, 0.29) is 5.91 Å². The predicted molar refractivity (Wildman–Crippen MR) is 102 cm³/mol. The third-order valence-corrected chi connectivity index (χ3v) is 5.57. The van der Waals surface area contributed by atoms with E-state index in [2.05, 4.69) is 47.5 Å². The fourth-order valence-corrected chi connectivity index (χ4v) is 4.54. The predicted octanol–water partition coefficient (Wildman–Crippen LogP) is 3.97. The van der Waals surface area contributed by atoms with Gasteiger partial charge < -0.3 is 5.32 Å². The lowest BCUT2D eigenvalue weighted by molar-refractivity contribution is 0.0956. The molecule has 0 fully saturated rings. The molecule has 1 aliphatic heterocycles. The van der Waals surface area contributed by atoms with E-state index in [1.807, 2.05) is 13.0 Å². The van der Waals surface area contributed by atoms with Gasteiger partial charge in [-0.05, 0) is 66.6 Å². The Labute approximate surface area is 150 Å². The summed E-state index contributed by atoms with van der Waals surface area (Å²) in [5.41, 5.74) is 7.45. The summed E-state index contributed by atoms with van der Waals surface area (Å²) in [6.45, 7) is 7.12. The van der Waals surface area contributed by atoms with Crippen LogP contribution in [0.4, 0.5) is 0 Å². The molecule has 3 heteroatoms. The minimum absolute atomic E-state index is 0.0448. The molecule has 4 rings (SSSR count). The molecular formula is C22H26N2O. The van der Waals surface area contributed by atoms with Crippen molar-refractivity contribution in [3.8, 4) is 11.1 Å². The summed E-state index contributed by atoms with van der Waals surface area (Å²) in [5.74, 6) is 0.0448. The van der Waals surface area contributed by atoms with Gasteiger partial charge in [0.05, 0.1) is 0 Å². The number of hydrogen-bond donors (Lipinski definition) is 1. The third kappa shape index (κ3) is 2.67. The lowest BCUT2D eigenvalue weighted by Crippen LogP contribution is -2.39. The molecule has 3 nitrogen and oxygen atoms in total. The smallest absolute Gasteiger partial charge is 0.251 e. The van der Waals surface area contributed by atoms with Crippen molar-refractivity contribution in [2.75, 3.05) is 19.6 Å². The van der Waals surface area contributed by atoms with Gasteiger partial charge in [0, 0.05) is 24.7 Å². The van der Waals surface area contributed by atoms with Crippen molar-refractivity contribution >= 4 is 5.91 Å². The average Bonchev–Trinajstić information content (AvgIpc) is 2.64. The molecule has 1 heterocycles. The van der Waals surface area contributed by atoms with Gasteiger partial charge in [-0.25, -0.2) is 0 Å². The number of amides is 1. The second-order valence-electron chi connectivity index (χ2n) is 7.08. The molecule has 1 atom stereocenters. The number of nitrogens with zero attached hydrogens (tertiary/aromatic N) is 1. The van der Waals surface area contributed by atoms with Gasteiger partial charge >= 0.3 is 0 Å². The monoisotopic (exact) mass is 334 g/mol. The Morgan fingerprint density at radius 1 is 1.16 bits per heavy atom. The molecule has 1 aliphatic carbocycles. The molecule has 0 aromatic heterocycles. The number of nitrogens with one attached hydrogen (secondary N) is 1. The van der Waals surface area contributed by atoms with Crippen molar-refractivity contribution in [2.24, 2.45) is 0 Å². The van der Waals surface area contributed by atoms with Crippen LogP contribution < -0.4 is 5.32 Å². The van der Waals surface area contributed by atoms with Crippen molar-refractivity contribution in [3.05, 3.63) is 58.7 Å². The summed E-state index contributed by atoms with van der Waals surface area (Å²) in [6.07, 6.45) is 3.30. The van der Waals surface area contributed by atoms with Crippen LogP contribution in [0.5, 0.6) is 0 Å². The quantitative estimate of drug-likeness (QED) is 0.917. The minimum atomic E-state index is 0.0448. The largest absolute Gasteiger partial charge is 0.352 e. The van der Waals surface area contributed by atoms with E-state index in [4.69, 9.17) is 0 Å². The molecule has 0 spiro atoms. The highest BCUT2D eigenvalue weighted by atomic mass is 16.1. The Bertz CT molecular complexity index is 812. The number of carbonyl (C=O) groups is 1. The van der Waals surface area contributed by atoms with Crippen LogP contribution in [0.15, 0.2) is 36.4 Å². The highest BCUT2D eigenvalue weighted by Gasteiger charge is 2.35. The summed E-state index contributed by atoms with van der Waals surface area (Å²) < 4.78 is 0. The molecule has 25 heavy (non-hydrogen) atoms. The van der Waals surface area contributed by atoms with Crippen LogP contribution in [0, 0.1) is 0 Å². The number of fused-ring (bicyclic) bond motifs is 2. The van der Waals surface area contributed by atoms with E-state index in [0.29, 0.717) is 12.6 Å². The van der Waals surface area contributed by atoms with Crippen LogP contribution in [0.2, 0.25) is 0 Å². The van der Waals surface area contributed by atoms with Crippen LogP contribution in [0.3, 0.4) is 0 Å². The topological polar surface area (TPSA) is 32.3 Å². The molecule has 1 N–H and O–H groups in total. The first-order valence-electron chi connectivity index (χ1n) is 9.50. The van der Waals surface area contributed by atoms with Gasteiger partial charge in [-0.15, -0.1) is 0 Å². The average molecular weight is 334 g/mol. The van der Waals surface area contributed by atoms with Crippen LogP contribution in [0.1, 0.15) is 53.4 Å². The zero-order valence-electron chi connectivity index (χ0n) is 15.1. The molecule has 2 aromatic rings. The molecule has 0 bridgehead atoms. The van der Waals surface area contributed by atoms with Crippen LogP contribution in [-0.4, -0.2) is 30.4 Å². The van der Waals surface area contributed by atoms with Crippen molar-refractivity contribution in [2.45, 2.75) is 39.2 Å². The molecule has 2 aliphatic rings. The van der Waals surface area contributed by atoms with Gasteiger partial charge in [-0.1, -0.05) is 37.3 Å². The maximum absolute atomic E-state index is 12.7. The van der Waals surface area contributed by atoms with Crippen molar-refractivity contribution in [1.29, 1.82) is 0 Å². The lowest BCUT2D eigenvalue weighted by atomic mass is 9.75. The molecule has 1 amide bonds. The number of carbonyl (C=O) groups excluding carboxylic acids is 1. The normalized spacial score (nSPS) is 18.4. The molecule has 2 aromatic carbocycles. The maximum Gasteiger partial charge on any atom is 0.251 e. The SMILES string of the molecule is CCCN1CCc2ccc(C(=O)NCC)c3c2C1Cc1ccccc1-3. The Morgan fingerprint density at radius 2 is 2.00 bits per heavy atom. The molecule has 0 saturated heterocycles. The summed E-state index contributed by atoms with van der Waals surface area (Å²) >= 11 is 0. The van der Waals surface area contributed by atoms with Crippen molar-refractivity contribution < 1.29 is 4.79 Å². The molecule has 0 radical (unpaired) electrons. The van der Waals surface area contributed by atoms with E-state index in [9.17, 15) is 4.79 Å². The van der Waals surface area contributed by atoms with Gasteiger partial charge in [0.1, 0.15) is 0 Å². The molecular weight excluding hydrogens is 308 g/mol. The first-order chi connectivity index (χ1) is 12.2. The second-order valence-corrected chi connectivity index (χ2v) is 7.08. The fourth-order valence-electron chi connectivity index (χ4n) is 4.54. The van der Waals surface area contributed by atoms with E-state index in [0.717, 1.165) is 31.5 Å². The van der Waals surface area contributed by atoms with Gasteiger partial charge in [-0.3, -0.25) is 9.69 Å². The summed E-state index contributed by atoms with van der Waals surface area (Å²) in [7, 11) is 0. The van der Waals surface area contributed by atoms with E-state index in [1.54, 1.807) is 0 Å². The Balaban J connectivity index is 1.94. The first-order valence-corrected chi connectivity index (χ1v) is 9.50. The number of rotatable bonds is 4. The van der Waals surface area contributed by atoms with Gasteiger partial charge in [0.25, 0.3) is 5.91 Å². The number of hydrogen-bond acceptors (Lipinski definition) is 2. The molecule has 1 unspecified atom stereocenters. The Hall–Kier alpha value is -2.13. The number of benzene rings is 2. The van der Waals surface area contributed by atoms with E-state index < -0.39 is 0 Å². The summed E-state index contributed by atoms with van der Waals surface area (Å²) in [5, 5.41) is 3.00. The zero-order chi connectivity index (χ0) is 17.4. The van der Waals surface area contributed by atoms with Gasteiger partial charge in [0.2, 0.25) is 0 Å². The van der Waals surface area contributed by atoms with Crippen molar-refractivity contribution in [3.63, 3.8) is 0 Å². The third-order valence-electron chi connectivity index (χ3n) is 5.57. The zero-order valence-corrected chi connectivity index (χ0v) is 15.1. The summed E-state index contributed by atoms with van der Waals surface area (Å²) in [6, 6.07) is 13.2. The Morgan fingerprint density at radius 3 is 2.80 bits per heavy atom. The molecule has 130 valence electrons. The highest BCUT2D eigenvalue weighted by molar-refractivity contribution is 6.03. The van der Waals surface area contributed by atoms with Gasteiger partial charge in [-0.2, -0.15) is 0 Å². The van der Waals surface area contributed by atoms with E-state index in [1.165, 1.54) is 34.2 Å². The summed E-state index contributed by atoms with van der Waals surface area (Å²) in [4.78, 5) is 15.3. The van der Waals surface area contributed by atoms with Crippen LogP contribution in [0.25, 0.3) is 11.1 Å². The van der Waals surface area contributed by atoms with Crippen molar-refractivity contribution in [1.82, 2.24) is 10.2 Å². The highest BCUT2D eigenvalue weighted by Crippen LogP contribution is 2.46. The Kier molecular flexibility index (Phi) is 4.34. The van der Waals surface area contributed by atoms with Gasteiger partial charge in [0.15, 0.2) is 0 Å². The standard InChI is InChI=1S/C22H26N2O/c1-3-12-24-13-11-15-9-10-18(22(25)23-4-2)21-17-8-6-5-7-16(17)14-19(24)20(15)21/h5-10,19H,3-4,11-14H2,1-2H3,(H,23,25). The fraction of sp³-hybridized carbons (Fsp3) is 0.409. The molecule has 0 saturated carbocycles. The first kappa shape index (κ1) is 16.3. The van der Waals surface area contributed by atoms with E-state index >= 15 is 0 Å². The second kappa shape index (κ2) is 6.64.